The first-order valence-corrected chi connectivity index (χ1v) is 8.04. The molecule has 2 N–H and O–H groups in total. The SMILES string of the molecule is S=C(NCC1CCCO1)Nc1cccc(-c2ccccc2)c1. The molecule has 0 radical (unpaired) electrons. The first-order chi connectivity index (χ1) is 10.8. The summed E-state index contributed by atoms with van der Waals surface area (Å²) in [6.07, 6.45) is 2.54. The number of anilines is 1. The summed E-state index contributed by atoms with van der Waals surface area (Å²) in [5, 5.41) is 7.11. The van der Waals surface area contributed by atoms with E-state index in [2.05, 4.69) is 34.9 Å². The Labute approximate surface area is 136 Å². The highest BCUT2D eigenvalue weighted by molar-refractivity contribution is 7.80. The summed E-state index contributed by atoms with van der Waals surface area (Å²) >= 11 is 5.35. The van der Waals surface area contributed by atoms with Crippen LogP contribution in [0.4, 0.5) is 5.69 Å². The summed E-state index contributed by atoms with van der Waals surface area (Å²) < 4.78 is 5.58. The molecule has 4 heteroatoms. The zero-order chi connectivity index (χ0) is 15.2. The lowest BCUT2D eigenvalue weighted by atomic mass is 10.1. The Morgan fingerprint density at radius 2 is 1.91 bits per heavy atom. The number of hydrogen-bond donors (Lipinski definition) is 2. The summed E-state index contributed by atoms with van der Waals surface area (Å²) in [5.74, 6) is 0. The number of hydrogen-bond acceptors (Lipinski definition) is 2. The average molecular weight is 312 g/mol. The molecule has 114 valence electrons. The van der Waals surface area contributed by atoms with Gasteiger partial charge in [0.15, 0.2) is 5.11 Å². The smallest absolute Gasteiger partial charge is 0.170 e. The van der Waals surface area contributed by atoms with Crippen LogP contribution < -0.4 is 10.6 Å². The standard InChI is InChI=1S/C18H20N2OS/c22-18(19-13-17-10-5-11-21-17)20-16-9-4-8-15(12-16)14-6-2-1-3-7-14/h1-4,6-9,12,17H,5,10-11,13H2,(H2,19,20,22). The average Bonchev–Trinajstić information content (AvgIpc) is 3.08. The van der Waals surface area contributed by atoms with Crippen molar-refractivity contribution in [1.82, 2.24) is 5.32 Å². The van der Waals surface area contributed by atoms with Crippen LogP contribution in [0, 0.1) is 0 Å². The van der Waals surface area contributed by atoms with Crippen LogP contribution in [0.2, 0.25) is 0 Å². The third-order valence-electron chi connectivity index (χ3n) is 3.74. The molecule has 2 aromatic rings. The molecule has 3 nitrogen and oxygen atoms in total. The van der Waals surface area contributed by atoms with Gasteiger partial charge < -0.3 is 15.4 Å². The van der Waals surface area contributed by atoms with E-state index in [0.717, 1.165) is 31.7 Å². The van der Waals surface area contributed by atoms with Gasteiger partial charge in [-0.2, -0.15) is 0 Å². The molecule has 3 rings (SSSR count). The Kier molecular flexibility index (Phi) is 5.03. The van der Waals surface area contributed by atoms with Crippen molar-refractivity contribution in [2.75, 3.05) is 18.5 Å². The maximum absolute atomic E-state index is 5.58. The summed E-state index contributed by atoms with van der Waals surface area (Å²) in [5.41, 5.74) is 3.36. The van der Waals surface area contributed by atoms with Gasteiger partial charge in [-0.1, -0.05) is 42.5 Å². The van der Waals surface area contributed by atoms with E-state index >= 15 is 0 Å². The van der Waals surface area contributed by atoms with Crippen molar-refractivity contribution >= 4 is 23.0 Å². The van der Waals surface area contributed by atoms with Gasteiger partial charge in [-0.15, -0.1) is 0 Å². The second-order valence-electron chi connectivity index (χ2n) is 5.42. The molecule has 2 aromatic carbocycles. The summed E-state index contributed by atoms with van der Waals surface area (Å²) in [6.45, 7) is 1.63. The van der Waals surface area contributed by atoms with Gasteiger partial charge in [0.05, 0.1) is 6.10 Å². The molecule has 1 fully saturated rings. The quantitative estimate of drug-likeness (QED) is 0.841. The molecule has 0 amide bonds. The molecule has 1 atom stereocenters. The van der Waals surface area contributed by atoms with Crippen molar-refractivity contribution in [3.63, 3.8) is 0 Å². The third-order valence-corrected chi connectivity index (χ3v) is 3.99. The third kappa shape index (κ3) is 4.06. The number of benzene rings is 2. The van der Waals surface area contributed by atoms with Gasteiger partial charge in [-0.25, -0.2) is 0 Å². The monoisotopic (exact) mass is 312 g/mol. The Bertz CT molecular complexity index is 624. The first kappa shape index (κ1) is 15.0. The van der Waals surface area contributed by atoms with E-state index < -0.39 is 0 Å². The molecule has 22 heavy (non-hydrogen) atoms. The molecule has 0 aliphatic carbocycles. The zero-order valence-corrected chi connectivity index (χ0v) is 13.2. The van der Waals surface area contributed by atoms with Crippen LogP contribution >= 0.6 is 12.2 Å². The van der Waals surface area contributed by atoms with Crippen LogP contribution in [0.5, 0.6) is 0 Å². The van der Waals surface area contributed by atoms with E-state index in [4.69, 9.17) is 17.0 Å². The molecule has 0 aromatic heterocycles. The first-order valence-electron chi connectivity index (χ1n) is 7.63. The van der Waals surface area contributed by atoms with Crippen LogP contribution in [0.3, 0.4) is 0 Å². The lowest BCUT2D eigenvalue weighted by Gasteiger charge is -2.14. The Hall–Kier alpha value is -1.91. The molecular weight excluding hydrogens is 292 g/mol. The molecule has 1 unspecified atom stereocenters. The summed E-state index contributed by atoms with van der Waals surface area (Å²) in [4.78, 5) is 0. The molecule has 1 heterocycles. The van der Waals surface area contributed by atoms with Gasteiger partial charge >= 0.3 is 0 Å². The number of rotatable bonds is 4. The molecule has 1 aliphatic heterocycles. The molecule has 0 spiro atoms. The van der Waals surface area contributed by atoms with E-state index in [1.807, 2.05) is 30.3 Å². The van der Waals surface area contributed by atoms with E-state index in [0.29, 0.717) is 5.11 Å². The number of ether oxygens (including phenoxy) is 1. The van der Waals surface area contributed by atoms with E-state index in [1.165, 1.54) is 11.1 Å². The molecule has 0 saturated carbocycles. The van der Waals surface area contributed by atoms with E-state index in [1.54, 1.807) is 0 Å². The Morgan fingerprint density at radius 1 is 1.09 bits per heavy atom. The van der Waals surface area contributed by atoms with Crippen molar-refractivity contribution in [2.45, 2.75) is 18.9 Å². The minimum Gasteiger partial charge on any atom is -0.376 e. The van der Waals surface area contributed by atoms with Crippen LogP contribution in [-0.2, 0) is 4.74 Å². The van der Waals surface area contributed by atoms with Crippen molar-refractivity contribution < 1.29 is 4.74 Å². The topological polar surface area (TPSA) is 33.3 Å². The maximum Gasteiger partial charge on any atom is 0.170 e. The number of thiocarbonyl (C=S) groups is 1. The van der Waals surface area contributed by atoms with Crippen molar-refractivity contribution in [2.24, 2.45) is 0 Å². The summed E-state index contributed by atoms with van der Waals surface area (Å²) in [6, 6.07) is 18.6. The van der Waals surface area contributed by atoms with Crippen LogP contribution in [0.25, 0.3) is 11.1 Å². The second-order valence-corrected chi connectivity index (χ2v) is 5.83. The Balaban J connectivity index is 1.59. The highest BCUT2D eigenvalue weighted by atomic mass is 32.1. The fourth-order valence-corrected chi connectivity index (χ4v) is 2.80. The zero-order valence-electron chi connectivity index (χ0n) is 12.4. The van der Waals surface area contributed by atoms with Gasteiger partial charge in [0.1, 0.15) is 0 Å². The second kappa shape index (κ2) is 7.38. The van der Waals surface area contributed by atoms with Crippen molar-refractivity contribution in [3.05, 3.63) is 54.6 Å². The van der Waals surface area contributed by atoms with Crippen LogP contribution in [0.1, 0.15) is 12.8 Å². The predicted octanol–water partition coefficient (Wildman–Crippen LogP) is 3.82. The van der Waals surface area contributed by atoms with Crippen LogP contribution in [-0.4, -0.2) is 24.4 Å². The highest BCUT2D eigenvalue weighted by Crippen LogP contribution is 2.22. The van der Waals surface area contributed by atoms with E-state index in [9.17, 15) is 0 Å². The van der Waals surface area contributed by atoms with E-state index in [-0.39, 0.29) is 6.10 Å². The van der Waals surface area contributed by atoms with Gasteiger partial charge in [-0.05, 0) is 48.3 Å². The molecule has 1 saturated heterocycles. The molecule has 0 bridgehead atoms. The highest BCUT2D eigenvalue weighted by Gasteiger charge is 2.15. The van der Waals surface area contributed by atoms with Gasteiger partial charge in [0.2, 0.25) is 0 Å². The van der Waals surface area contributed by atoms with Crippen molar-refractivity contribution in [3.8, 4) is 11.1 Å². The van der Waals surface area contributed by atoms with Gasteiger partial charge in [0.25, 0.3) is 0 Å². The summed E-state index contributed by atoms with van der Waals surface area (Å²) in [7, 11) is 0. The normalized spacial score (nSPS) is 17.2. The Morgan fingerprint density at radius 3 is 2.68 bits per heavy atom. The maximum atomic E-state index is 5.58. The fraction of sp³-hybridized carbons (Fsp3) is 0.278. The minimum atomic E-state index is 0.287. The predicted molar refractivity (Wildman–Crippen MR) is 95.1 cm³/mol. The largest absolute Gasteiger partial charge is 0.376 e. The van der Waals surface area contributed by atoms with Gasteiger partial charge in [0, 0.05) is 18.8 Å². The molecular formula is C18H20N2OS. The van der Waals surface area contributed by atoms with Crippen molar-refractivity contribution in [1.29, 1.82) is 0 Å². The van der Waals surface area contributed by atoms with Crippen LogP contribution in [0.15, 0.2) is 54.6 Å². The molecule has 1 aliphatic rings. The fourth-order valence-electron chi connectivity index (χ4n) is 2.59. The lowest BCUT2D eigenvalue weighted by Crippen LogP contribution is -2.34. The lowest BCUT2D eigenvalue weighted by molar-refractivity contribution is 0.114. The minimum absolute atomic E-state index is 0.287. The number of nitrogens with one attached hydrogen (secondary N) is 2. The van der Waals surface area contributed by atoms with Gasteiger partial charge in [-0.3, -0.25) is 0 Å².